The van der Waals surface area contributed by atoms with Gasteiger partial charge in [-0.3, -0.25) is 0 Å². The summed E-state index contributed by atoms with van der Waals surface area (Å²) >= 11 is 0. The third kappa shape index (κ3) is 4.44. The van der Waals surface area contributed by atoms with Gasteiger partial charge in [0, 0.05) is 18.8 Å². The Morgan fingerprint density at radius 3 is 2.00 bits per heavy atom. The molecule has 0 saturated heterocycles. The molecule has 0 radical (unpaired) electrons. The molecule has 0 amide bonds. The number of ether oxygens (including phenoxy) is 2. The van der Waals surface area contributed by atoms with Crippen LogP contribution in [0.5, 0.6) is 0 Å². The molecule has 1 atom stereocenters. The molecule has 0 aromatic rings. The second-order valence-corrected chi connectivity index (χ2v) is 1.79. The molecule has 0 saturated carbocycles. The fraction of sp³-hybridized carbons (Fsp3) is 1.00. The highest BCUT2D eigenvalue weighted by molar-refractivity contribution is 7.32. The van der Waals surface area contributed by atoms with Crippen molar-refractivity contribution in [1.82, 2.24) is 0 Å². The zero-order valence-electron chi connectivity index (χ0n) is 5.10. The van der Waals surface area contributed by atoms with Crippen LogP contribution < -0.4 is 0 Å². The molecule has 0 bridgehead atoms. The van der Waals surface area contributed by atoms with E-state index in [2.05, 4.69) is 14.0 Å². The van der Waals surface area contributed by atoms with Crippen LogP contribution in [0.4, 0.5) is 0 Å². The third-order valence-electron chi connectivity index (χ3n) is 0.561. The van der Waals surface area contributed by atoms with Gasteiger partial charge in [0.15, 0.2) is 0 Å². The Labute approximate surface area is 53.5 Å². The van der Waals surface area contributed by atoms with Crippen molar-refractivity contribution in [3.8, 4) is 0 Å². The Morgan fingerprint density at radius 1 is 1.44 bits per heavy atom. The van der Waals surface area contributed by atoms with Crippen molar-refractivity contribution in [1.29, 1.82) is 0 Å². The molecule has 6 heteroatoms. The number of hydrogen-bond acceptors (Lipinski definition) is 4. The van der Waals surface area contributed by atoms with Crippen LogP contribution in [-0.4, -0.2) is 25.6 Å². The molecule has 0 aromatic carbocycles. The first-order valence-corrected chi connectivity index (χ1v) is 3.22. The lowest BCUT2D eigenvalue weighted by Crippen LogP contribution is -2.13. The summed E-state index contributed by atoms with van der Waals surface area (Å²) in [5.74, 6) is 0. The summed E-state index contributed by atoms with van der Waals surface area (Å²) < 4.78 is 22.9. The summed E-state index contributed by atoms with van der Waals surface area (Å²) in [6.45, 7) is -1.06. The number of methoxy groups -OCH3 is 2. The molecule has 0 aliphatic heterocycles. The van der Waals surface area contributed by atoms with Crippen LogP contribution in [0.3, 0.4) is 0 Å². The Morgan fingerprint density at radius 2 is 1.89 bits per heavy atom. The summed E-state index contributed by atoms with van der Waals surface area (Å²) in [4.78, 5) is 8.11. The largest absolute Gasteiger partial charge is 0.700 e. The van der Waals surface area contributed by atoms with Crippen LogP contribution in [0.15, 0.2) is 0 Å². The molecule has 54 valence electrons. The Bertz CT molecular complexity index is 90.2. The first kappa shape index (κ1) is 8.94. The van der Waals surface area contributed by atoms with E-state index in [1.807, 2.05) is 0 Å². The van der Waals surface area contributed by atoms with Crippen molar-refractivity contribution in [2.24, 2.45) is 0 Å². The van der Waals surface area contributed by atoms with Crippen molar-refractivity contribution in [2.45, 2.75) is 6.48 Å². The molecule has 0 heterocycles. The van der Waals surface area contributed by atoms with Crippen LogP contribution in [0.1, 0.15) is 0 Å². The van der Waals surface area contributed by atoms with E-state index >= 15 is 0 Å². The summed E-state index contributed by atoms with van der Waals surface area (Å²) in [5.41, 5.74) is 0. The molecule has 0 aliphatic carbocycles. The van der Waals surface area contributed by atoms with Crippen LogP contribution in [0.2, 0.25) is 0 Å². The molecule has 1 N–H and O–H groups in total. The second kappa shape index (κ2) is 4.78. The monoisotopic (exact) mass is 155 g/mol. The van der Waals surface area contributed by atoms with Crippen molar-refractivity contribution in [3.05, 3.63) is 0 Å². The minimum atomic E-state index is -2.65. The fourth-order valence-electron chi connectivity index (χ4n) is 0.256. The highest BCUT2D eigenvalue weighted by Crippen LogP contribution is 2.18. The minimum Gasteiger partial charge on any atom is -0.330 e. The van der Waals surface area contributed by atoms with Crippen LogP contribution in [0, 0.1) is 0 Å². The molecule has 0 spiro atoms. The van der Waals surface area contributed by atoms with Gasteiger partial charge in [0.25, 0.3) is 0 Å². The molecule has 0 fully saturated rings. The van der Waals surface area contributed by atoms with Crippen LogP contribution >= 0.6 is 8.25 Å². The lowest BCUT2D eigenvalue weighted by Gasteiger charge is -2.02. The molecule has 0 rings (SSSR count). The maximum atomic E-state index is 9.89. The van der Waals surface area contributed by atoms with E-state index in [9.17, 15) is 4.57 Å². The zero-order chi connectivity index (χ0) is 7.28. The Kier molecular flexibility index (Phi) is 4.75. The zero-order valence-corrected chi connectivity index (χ0v) is 6.00. The minimum absolute atomic E-state index is 1.06. The van der Waals surface area contributed by atoms with Gasteiger partial charge in [-0.1, -0.05) is 4.52 Å². The van der Waals surface area contributed by atoms with Crippen molar-refractivity contribution in [2.75, 3.05) is 14.2 Å². The van der Waals surface area contributed by atoms with E-state index in [-0.39, 0.29) is 0 Å². The van der Waals surface area contributed by atoms with E-state index in [1.165, 1.54) is 14.2 Å². The second-order valence-electron chi connectivity index (χ2n) is 1.10. The van der Waals surface area contributed by atoms with E-state index in [0.717, 1.165) is 0 Å². The van der Waals surface area contributed by atoms with Gasteiger partial charge >= 0.3 is 14.7 Å². The fourth-order valence-corrected chi connectivity index (χ4v) is 0.575. The highest BCUT2D eigenvalue weighted by atomic mass is 31.1. The first-order valence-electron chi connectivity index (χ1n) is 2.09. The van der Waals surface area contributed by atoms with E-state index in [1.54, 1.807) is 0 Å². The van der Waals surface area contributed by atoms with Crippen molar-refractivity contribution in [3.63, 3.8) is 0 Å². The van der Waals surface area contributed by atoms with Gasteiger partial charge in [0.05, 0.1) is 0 Å². The van der Waals surface area contributed by atoms with E-state index in [4.69, 9.17) is 4.89 Å². The van der Waals surface area contributed by atoms with Crippen LogP contribution in [-0.2, 0) is 18.6 Å². The molecular formula is C3H8O5P+. The Hall–Kier alpha value is -0.0600. The average Bonchev–Trinajstić information content (AvgIpc) is 1.82. The summed E-state index contributed by atoms with van der Waals surface area (Å²) in [6.07, 6.45) is 0. The number of rotatable bonds is 4. The smallest absolute Gasteiger partial charge is 0.330 e. The normalized spacial score (nSPS) is 12.2. The molecular weight excluding hydrogens is 147 g/mol. The summed E-state index contributed by atoms with van der Waals surface area (Å²) in [6, 6.07) is 0. The van der Waals surface area contributed by atoms with Gasteiger partial charge in [0.2, 0.25) is 0 Å². The summed E-state index contributed by atoms with van der Waals surface area (Å²) in [7, 11) is -0.0543. The maximum Gasteiger partial charge on any atom is 0.700 e. The van der Waals surface area contributed by atoms with E-state index < -0.39 is 14.7 Å². The van der Waals surface area contributed by atoms with Crippen LogP contribution in [0.25, 0.3) is 0 Å². The molecule has 0 aliphatic rings. The molecule has 9 heavy (non-hydrogen) atoms. The van der Waals surface area contributed by atoms with Gasteiger partial charge < -0.3 is 9.47 Å². The summed E-state index contributed by atoms with van der Waals surface area (Å²) in [5, 5.41) is 0. The lowest BCUT2D eigenvalue weighted by atomic mass is 11.2. The topological polar surface area (TPSA) is 65.0 Å². The van der Waals surface area contributed by atoms with Gasteiger partial charge in [-0.25, -0.2) is 0 Å². The SMILES string of the molecule is COC(OC)O[P+](=O)O. The van der Waals surface area contributed by atoms with E-state index in [0.29, 0.717) is 0 Å². The first-order chi connectivity index (χ1) is 4.20. The van der Waals surface area contributed by atoms with Gasteiger partial charge in [-0.15, -0.1) is 4.89 Å². The van der Waals surface area contributed by atoms with Gasteiger partial charge in [0.1, 0.15) is 0 Å². The van der Waals surface area contributed by atoms with Crippen molar-refractivity contribution >= 4 is 8.25 Å². The third-order valence-corrected chi connectivity index (χ3v) is 0.914. The molecule has 1 unspecified atom stereocenters. The highest BCUT2D eigenvalue weighted by Gasteiger charge is 2.21. The predicted octanol–water partition coefficient (Wildman–Crippen LogP) is 0.229. The molecule has 5 nitrogen and oxygen atoms in total. The predicted molar refractivity (Wildman–Crippen MR) is 28.7 cm³/mol. The standard InChI is InChI=1S/C3H7O5P/c1-6-3(7-2)8-9(4)5/h3H,1-2H3/p+1. The van der Waals surface area contributed by atoms with Gasteiger partial charge in [-0.2, -0.15) is 0 Å². The quantitative estimate of drug-likeness (QED) is 0.465. The van der Waals surface area contributed by atoms with Crippen molar-refractivity contribution < 1.29 is 23.5 Å². The molecule has 0 aromatic heterocycles. The number of hydrogen-bond donors (Lipinski definition) is 1. The lowest BCUT2D eigenvalue weighted by molar-refractivity contribution is -0.219. The Balaban J connectivity index is 3.43. The maximum absolute atomic E-state index is 9.89. The van der Waals surface area contributed by atoms with Gasteiger partial charge in [-0.05, 0) is 0 Å². The average molecular weight is 155 g/mol.